The summed E-state index contributed by atoms with van der Waals surface area (Å²) in [6, 6.07) is 95.6. The summed E-state index contributed by atoms with van der Waals surface area (Å²) in [6.07, 6.45) is 9.92. The van der Waals surface area contributed by atoms with E-state index in [0.29, 0.717) is 0 Å². The Labute approximate surface area is 457 Å². The molecule has 10 aromatic carbocycles. The Morgan fingerprint density at radius 2 is 0.571 bits per heavy atom. The Kier molecular flexibility index (Phi) is 11.1. The largest absolute Gasteiger partial charge is 0.310 e. The van der Waals surface area contributed by atoms with Gasteiger partial charge in [-0.05, 0) is 165 Å². The molecule has 0 N–H and O–H groups in total. The van der Waals surface area contributed by atoms with Crippen molar-refractivity contribution in [2.45, 2.75) is 62.2 Å². The molecule has 1 aromatic heterocycles. The van der Waals surface area contributed by atoms with Crippen LogP contribution in [0, 0.1) is 0 Å². The zero-order valence-corrected chi connectivity index (χ0v) is 44.0. The fourth-order valence-electron chi connectivity index (χ4n) is 14.4. The summed E-state index contributed by atoms with van der Waals surface area (Å²) in [5.41, 5.74) is 26.2. The van der Waals surface area contributed by atoms with Crippen LogP contribution in [0.2, 0.25) is 0 Å². The quantitative estimate of drug-likeness (QED) is 0.135. The molecular weight excluding hydrogens is 949 g/mol. The van der Waals surface area contributed by atoms with Crippen molar-refractivity contribution in [2.75, 3.05) is 9.80 Å². The van der Waals surface area contributed by atoms with Crippen LogP contribution in [0.1, 0.15) is 73.6 Å². The van der Waals surface area contributed by atoms with Gasteiger partial charge in [-0.15, -0.1) is 11.3 Å². The zero-order valence-electron chi connectivity index (χ0n) is 43.2. The molecule has 2 nitrogen and oxygen atoms in total. The molecule has 4 aliphatic rings. The molecule has 11 aromatic rings. The van der Waals surface area contributed by atoms with E-state index in [1.54, 1.807) is 0 Å². The summed E-state index contributed by atoms with van der Waals surface area (Å²) in [5, 5.41) is 0. The molecule has 4 aliphatic carbocycles. The van der Waals surface area contributed by atoms with Gasteiger partial charge in [0.15, 0.2) is 0 Å². The van der Waals surface area contributed by atoms with Crippen LogP contribution < -0.4 is 9.80 Å². The molecule has 0 amide bonds. The molecule has 2 spiro atoms. The highest BCUT2D eigenvalue weighted by Crippen LogP contribution is 2.60. The lowest BCUT2D eigenvalue weighted by atomic mass is 9.76. The topological polar surface area (TPSA) is 6.48 Å². The van der Waals surface area contributed by atoms with Crippen molar-refractivity contribution in [3.8, 4) is 65.4 Å². The molecule has 77 heavy (non-hydrogen) atoms. The van der Waals surface area contributed by atoms with E-state index in [1.165, 1.54) is 150 Å². The van der Waals surface area contributed by atoms with Gasteiger partial charge in [0.25, 0.3) is 0 Å². The second-order valence-electron chi connectivity index (χ2n) is 21.8. The Morgan fingerprint density at radius 3 is 0.961 bits per heavy atom. The molecule has 370 valence electrons. The maximum Gasteiger partial charge on any atom is 0.0465 e. The van der Waals surface area contributed by atoms with Crippen LogP contribution in [0.15, 0.2) is 255 Å². The van der Waals surface area contributed by atoms with Gasteiger partial charge in [0.1, 0.15) is 0 Å². The van der Waals surface area contributed by atoms with Gasteiger partial charge in [0.05, 0.1) is 0 Å². The molecule has 0 unspecified atom stereocenters. The van der Waals surface area contributed by atoms with Gasteiger partial charge < -0.3 is 9.80 Å². The monoisotopic (exact) mass is 1010 g/mol. The Bertz CT molecular complexity index is 3700. The first kappa shape index (κ1) is 45.9. The number of nitrogens with zero attached hydrogens (tertiary/aromatic N) is 2. The van der Waals surface area contributed by atoms with Gasteiger partial charge in [-0.25, -0.2) is 0 Å². The Hall–Kier alpha value is -8.50. The maximum absolute atomic E-state index is 2.52. The van der Waals surface area contributed by atoms with Crippen molar-refractivity contribution >= 4 is 45.5 Å². The number of anilines is 6. The highest BCUT2D eigenvalue weighted by atomic mass is 32.1. The molecule has 2 fully saturated rings. The predicted octanol–water partition coefficient (Wildman–Crippen LogP) is 21.0. The van der Waals surface area contributed by atoms with E-state index in [-0.39, 0.29) is 10.8 Å². The van der Waals surface area contributed by atoms with Gasteiger partial charge >= 0.3 is 0 Å². The summed E-state index contributed by atoms with van der Waals surface area (Å²) in [4.78, 5) is 7.43. The summed E-state index contributed by atoms with van der Waals surface area (Å²) in [5.74, 6) is 0. The first-order chi connectivity index (χ1) is 38.1. The number of hydrogen-bond acceptors (Lipinski definition) is 3. The summed E-state index contributed by atoms with van der Waals surface area (Å²) in [7, 11) is 0. The van der Waals surface area contributed by atoms with Gasteiger partial charge in [-0.1, -0.05) is 208 Å². The Morgan fingerprint density at radius 1 is 0.260 bits per heavy atom. The minimum Gasteiger partial charge on any atom is -0.310 e. The van der Waals surface area contributed by atoms with Crippen LogP contribution in [0.3, 0.4) is 0 Å². The third-order valence-corrected chi connectivity index (χ3v) is 19.1. The third-order valence-electron chi connectivity index (χ3n) is 17.8. The highest BCUT2D eigenvalue weighted by Gasteiger charge is 2.46. The molecule has 0 atom stereocenters. The second-order valence-corrected chi connectivity index (χ2v) is 22.8. The van der Waals surface area contributed by atoms with Gasteiger partial charge in [0.2, 0.25) is 0 Å². The second kappa shape index (κ2) is 18.7. The number of benzene rings is 10. The van der Waals surface area contributed by atoms with Gasteiger partial charge in [-0.3, -0.25) is 0 Å². The predicted molar refractivity (Wildman–Crippen MR) is 325 cm³/mol. The van der Waals surface area contributed by atoms with Crippen LogP contribution >= 0.6 is 11.3 Å². The summed E-state index contributed by atoms with van der Waals surface area (Å²) in [6.45, 7) is 0. The summed E-state index contributed by atoms with van der Waals surface area (Å²) < 4.78 is 0. The number of fused-ring (bicyclic) bond motifs is 10. The Balaban J connectivity index is 0.843. The first-order valence-corrected chi connectivity index (χ1v) is 28.6. The van der Waals surface area contributed by atoms with E-state index in [9.17, 15) is 0 Å². The maximum atomic E-state index is 2.52. The van der Waals surface area contributed by atoms with Crippen LogP contribution in [0.4, 0.5) is 34.1 Å². The summed E-state index contributed by atoms with van der Waals surface area (Å²) >= 11 is 1.91. The highest BCUT2D eigenvalue weighted by molar-refractivity contribution is 7.20. The van der Waals surface area contributed by atoms with E-state index < -0.39 is 0 Å². The zero-order chi connectivity index (χ0) is 50.9. The fraction of sp³-hybridized carbons (Fsp3) is 0.135. The molecule has 15 rings (SSSR count). The van der Waals surface area contributed by atoms with Crippen LogP contribution in [-0.4, -0.2) is 0 Å². The molecule has 0 radical (unpaired) electrons. The molecule has 1 heterocycles. The number of rotatable bonds is 10. The molecule has 2 saturated carbocycles. The third kappa shape index (κ3) is 7.42. The van der Waals surface area contributed by atoms with Crippen LogP contribution in [0.25, 0.3) is 65.4 Å². The fourth-order valence-corrected chi connectivity index (χ4v) is 15.7. The van der Waals surface area contributed by atoms with E-state index in [1.807, 2.05) is 11.3 Å². The van der Waals surface area contributed by atoms with Gasteiger partial charge in [-0.2, -0.15) is 0 Å². The van der Waals surface area contributed by atoms with E-state index in [2.05, 4.69) is 265 Å². The van der Waals surface area contributed by atoms with Crippen molar-refractivity contribution in [1.82, 2.24) is 0 Å². The molecule has 0 aliphatic heterocycles. The minimum atomic E-state index is 0.0885. The smallest absolute Gasteiger partial charge is 0.0465 e. The van der Waals surface area contributed by atoms with E-state index in [4.69, 9.17) is 0 Å². The SMILES string of the molecule is c1ccc(-c2c(-c3ccc(N(c4ccccc4)c4ccc5c(c4)C4(CCCC4)c4ccccc4-5)cc3)sc(-c3ccc(N(c4ccccc4)c4ccc5c(c4)C4(CCCC4)c4ccccc4-5)cc3)c2-c2ccccc2)cc1. The minimum absolute atomic E-state index is 0.0885. The molecular formula is C74H58N2S. The van der Waals surface area contributed by atoms with Crippen molar-refractivity contribution in [3.63, 3.8) is 0 Å². The van der Waals surface area contributed by atoms with Crippen molar-refractivity contribution in [1.29, 1.82) is 0 Å². The van der Waals surface area contributed by atoms with E-state index >= 15 is 0 Å². The molecule has 0 saturated heterocycles. The number of hydrogen-bond donors (Lipinski definition) is 0. The number of para-hydroxylation sites is 2. The molecule has 3 heteroatoms. The standard InChI is InChI=1S/C74H58N2S/c1-5-21-51(22-6-1)69-70(52-23-7-2-8-24-52)72(54-35-39-58(40-36-54)76(56-27-11-4-12-28-56)60-42-44-64-62-30-14-16-32-66(62)74(68(64)50-60)47-19-20-48-74)77-71(69)53-33-37-57(38-34-53)75(55-25-9-3-10-26-55)59-41-43-63-61-29-13-15-31-65(61)73(67(63)49-59)45-17-18-46-73/h1-16,21-44,49-50H,17-20,45-48H2. The van der Waals surface area contributed by atoms with Gasteiger partial charge in [0, 0.05) is 65.8 Å². The lowest BCUT2D eigenvalue weighted by Crippen LogP contribution is -2.21. The van der Waals surface area contributed by atoms with Crippen molar-refractivity contribution < 1.29 is 0 Å². The average molecular weight is 1010 g/mol. The first-order valence-electron chi connectivity index (χ1n) is 27.8. The lowest BCUT2D eigenvalue weighted by molar-refractivity contribution is 0.550. The van der Waals surface area contributed by atoms with E-state index in [0.717, 1.165) is 22.7 Å². The normalized spacial score (nSPS) is 15.1. The van der Waals surface area contributed by atoms with Crippen molar-refractivity contribution in [2.24, 2.45) is 0 Å². The van der Waals surface area contributed by atoms with Crippen molar-refractivity contribution in [3.05, 3.63) is 277 Å². The molecule has 0 bridgehead atoms. The lowest BCUT2D eigenvalue weighted by Gasteiger charge is -2.30. The average Bonchev–Trinajstić information content (AvgIpc) is 4.48. The number of thiophene rings is 1. The van der Waals surface area contributed by atoms with Crippen LogP contribution in [-0.2, 0) is 10.8 Å². The van der Waals surface area contributed by atoms with Crippen LogP contribution in [0.5, 0.6) is 0 Å².